The number of hydrogen-bond donors (Lipinski definition) is 1. The van der Waals surface area contributed by atoms with Crippen LogP contribution in [0.2, 0.25) is 0 Å². The molecule has 1 aromatic heterocycles. The second-order valence-corrected chi connectivity index (χ2v) is 4.30. The maximum atomic E-state index is 9.31. The van der Waals surface area contributed by atoms with E-state index in [2.05, 4.69) is 17.2 Å². The first-order valence-corrected chi connectivity index (χ1v) is 6.57. The number of hydrogen-bond acceptors (Lipinski definition) is 5. The second-order valence-electron chi connectivity index (χ2n) is 4.30. The molecule has 0 unspecified atom stereocenters. The van der Waals surface area contributed by atoms with Crippen molar-refractivity contribution in [3.8, 4) is 11.4 Å². The fraction of sp³-hybridized carbons (Fsp3) is 0.429. The highest BCUT2D eigenvalue weighted by Gasteiger charge is 2.16. The minimum Gasteiger partial charge on any atom is -0.491 e. The summed E-state index contributed by atoms with van der Waals surface area (Å²) in [6.07, 6.45) is 0.929. The summed E-state index contributed by atoms with van der Waals surface area (Å²) in [6, 6.07) is 7.61. The SMILES string of the molecule is CCCOc1ccccc1-n1nnc(CO)c1COC. The molecule has 0 aliphatic carbocycles. The molecule has 2 aromatic rings. The summed E-state index contributed by atoms with van der Waals surface area (Å²) in [5.74, 6) is 0.737. The molecular weight excluding hydrogens is 258 g/mol. The average molecular weight is 277 g/mol. The summed E-state index contributed by atoms with van der Waals surface area (Å²) >= 11 is 0. The van der Waals surface area contributed by atoms with Crippen LogP contribution in [0.4, 0.5) is 0 Å². The number of methoxy groups -OCH3 is 1. The van der Waals surface area contributed by atoms with Crippen LogP contribution in [0.3, 0.4) is 0 Å². The summed E-state index contributed by atoms with van der Waals surface area (Å²) in [6.45, 7) is 2.85. The van der Waals surface area contributed by atoms with Gasteiger partial charge in [-0.05, 0) is 18.6 Å². The number of ether oxygens (including phenoxy) is 2. The highest BCUT2D eigenvalue weighted by Crippen LogP contribution is 2.24. The van der Waals surface area contributed by atoms with Gasteiger partial charge in [-0.15, -0.1) is 5.10 Å². The molecule has 0 spiro atoms. The maximum absolute atomic E-state index is 9.31. The maximum Gasteiger partial charge on any atom is 0.145 e. The standard InChI is InChI=1S/C14H19N3O3/c1-3-8-20-14-7-5-4-6-12(14)17-13(10-19-2)11(9-18)15-16-17/h4-7,18H,3,8-10H2,1-2H3. The predicted octanol–water partition coefficient (Wildman–Crippen LogP) is 1.69. The van der Waals surface area contributed by atoms with E-state index in [1.807, 2.05) is 24.3 Å². The molecule has 0 atom stereocenters. The Hall–Kier alpha value is -1.92. The number of para-hydroxylation sites is 2. The van der Waals surface area contributed by atoms with Gasteiger partial charge in [0.25, 0.3) is 0 Å². The van der Waals surface area contributed by atoms with Crippen LogP contribution in [-0.4, -0.2) is 33.8 Å². The Morgan fingerprint density at radius 2 is 2.10 bits per heavy atom. The number of nitrogens with zero attached hydrogens (tertiary/aromatic N) is 3. The quantitative estimate of drug-likeness (QED) is 0.834. The van der Waals surface area contributed by atoms with Crippen molar-refractivity contribution < 1.29 is 14.6 Å². The average Bonchev–Trinajstić information content (AvgIpc) is 2.88. The molecular formula is C14H19N3O3. The smallest absolute Gasteiger partial charge is 0.145 e. The zero-order valence-electron chi connectivity index (χ0n) is 11.7. The zero-order valence-corrected chi connectivity index (χ0v) is 11.7. The van der Waals surface area contributed by atoms with Gasteiger partial charge in [0.2, 0.25) is 0 Å². The molecule has 2 rings (SSSR count). The molecule has 0 saturated heterocycles. The molecule has 6 heteroatoms. The summed E-state index contributed by atoms with van der Waals surface area (Å²) in [7, 11) is 1.60. The minimum absolute atomic E-state index is 0.170. The van der Waals surface area contributed by atoms with Crippen LogP contribution in [0.5, 0.6) is 5.75 Å². The van der Waals surface area contributed by atoms with E-state index in [1.54, 1.807) is 11.8 Å². The first-order valence-electron chi connectivity index (χ1n) is 6.57. The van der Waals surface area contributed by atoms with Gasteiger partial charge in [-0.25, -0.2) is 4.68 Å². The monoisotopic (exact) mass is 277 g/mol. The van der Waals surface area contributed by atoms with Crippen LogP contribution in [-0.2, 0) is 18.0 Å². The highest BCUT2D eigenvalue weighted by molar-refractivity contribution is 5.47. The molecule has 0 aliphatic rings. The van der Waals surface area contributed by atoms with Gasteiger partial charge in [-0.2, -0.15) is 0 Å². The fourth-order valence-corrected chi connectivity index (χ4v) is 1.90. The van der Waals surface area contributed by atoms with E-state index in [1.165, 1.54) is 0 Å². The Balaban J connectivity index is 2.42. The summed E-state index contributed by atoms with van der Waals surface area (Å²) in [4.78, 5) is 0. The Labute approximate surface area is 117 Å². The predicted molar refractivity (Wildman–Crippen MR) is 73.8 cm³/mol. The van der Waals surface area contributed by atoms with Crippen LogP contribution in [0, 0.1) is 0 Å². The van der Waals surface area contributed by atoms with Crippen LogP contribution >= 0.6 is 0 Å². The molecule has 0 aliphatic heterocycles. The van der Waals surface area contributed by atoms with Gasteiger partial charge in [-0.1, -0.05) is 24.3 Å². The van der Waals surface area contributed by atoms with Crippen molar-refractivity contribution in [1.82, 2.24) is 15.0 Å². The number of aliphatic hydroxyl groups excluding tert-OH is 1. The largest absolute Gasteiger partial charge is 0.491 e. The van der Waals surface area contributed by atoms with Gasteiger partial charge in [0.1, 0.15) is 17.1 Å². The molecule has 0 radical (unpaired) electrons. The van der Waals surface area contributed by atoms with Crippen molar-refractivity contribution in [2.75, 3.05) is 13.7 Å². The Bertz CT molecular complexity index is 554. The van der Waals surface area contributed by atoms with Crippen molar-refractivity contribution in [3.05, 3.63) is 35.7 Å². The number of benzene rings is 1. The molecule has 0 fully saturated rings. The Morgan fingerprint density at radius 1 is 1.30 bits per heavy atom. The summed E-state index contributed by atoms with van der Waals surface area (Å²) in [5, 5.41) is 17.4. The first-order chi connectivity index (χ1) is 9.81. The lowest BCUT2D eigenvalue weighted by atomic mass is 10.2. The Morgan fingerprint density at radius 3 is 2.80 bits per heavy atom. The van der Waals surface area contributed by atoms with Crippen LogP contribution in [0.1, 0.15) is 24.7 Å². The van der Waals surface area contributed by atoms with Gasteiger partial charge in [0, 0.05) is 7.11 Å². The van der Waals surface area contributed by atoms with E-state index < -0.39 is 0 Å². The topological polar surface area (TPSA) is 69.4 Å². The molecule has 0 bridgehead atoms. The van der Waals surface area contributed by atoms with E-state index in [0.717, 1.165) is 23.6 Å². The van der Waals surface area contributed by atoms with Gasteiger partial charge < -0.3 is 14.6 Å². The third-order valence-electron chi connectivity index (χ3n) is 2.83. The summed E-state index contributed by atoms with van der Waals surface area (Å²) < 4.78 is 12.5. The number of rotatable bonds is 7. The molecule has 0 amide bonds. The van der Waals surface area contributed by atoms with Crippen LogP contribution in [0.25, 0.3) is 5.69 Å². The lowest BCUT2D eigenvalue weighted by Crippen LogP contribution is -2.08. The first kappa shape index (κ1) is 14.5. The number of aromatic nitrogens is 3. The summed E-state index contributed by atoms with van der Waals surface area (Å²) in [5.41, 5.74) is 2.03. The highest BCUT2D eigenvalue weighted by atomic mass is 16.5. The number of aliphatic hydroxyl groups is 1. The lowest BCUT2D eigenvalue weighted by molar-refractivity contribution is 0.175. The lowest BCUT2D eigenvalue weighted by Gasteiger charge is -2.12. The normalized spacial score (nSPS) is 10.8. The molecule has 1 heterocycles. The van der Waals surface area contributed by atoms with Crippen molar-refractivity contribution >= 4 is 0 Å². The second kappa shape index (κ2) is 7.02. The van der Waals surface area contributed by atoms with Crippen molar-refractivity contribution in [2.24, 2.45) is 0 Å². The molecule has 0 saturated carbocycles. The fourth-order valence-electron chi connectivity index (χ4n) is 1.90. The van der Waals surface area contributed by atoms with Crippen LogP contribution < -0.4 is 4.74 Å². The van der Waals surface area contributed by atoms with Crippen molar-refractivity contribution in [3.63, 3.8) is 0 Å². The van der Waals surface area contributed by atoms with Gasteiger partial charge >= 0.3 is 0 Å². The van der Waals surface area contributed by atoms with E-state index >= 15 is 0 Å². The molecule has 20 heavy (non-hydrogen) atoms. The van der Waals surface area contributed by atoms with E-state index in [-0.39, 0.29) is 6.61 Å². The molecule has 1 aromatic carbocycles. The molecule has 108 valence electrons. The van der Waals surface area contributed by atoms with E-state index in [9.17, 15) is 5.11 Å². The van der Waals surface area contributed by atoms with Crippen molar-refractivity contribution in [2.45, 2.75) is 26.6 Å². The third-order valence-corrected chi connectivity index (χ3v) is 2.83. The van der Waals surface area contributed by atoms with E-state index in [0.29, 0.717) is 18.9 Å². The zero-order chi connectivity index (χ0) is 14.4. The van der Waals surface area contributed by atoms with Crippen LogP contribution in [0.15, 0.2) is 24.3 Å². The molecule has 1 N–H and O–H groups in total. The molecule has 6 nitrogen and oxygen atoms in total. The van der Waals surface area contributed by atoms with Gasteiger partial charge in [0.15, 0.2) is 0 Å². The van der Waals surface area contributed by atoms with Crippen molar-refractivity contribution in [1.29, 1.82) is 0 Å². The van der Waals surface area contributed by atoms with E-state index in [4.69, 9.17) is 9.47 Å². The third kappa shape index (κ3) is 2.97. The van der Waals surface area contributed by atoms with Gasteiger partial charge in [-0.3, -0.25) is 0 Å². The minimum atomic E-state index is -0.170. The Kier molecular flexibility index (Phi) is 5.09. The van der Waals surface area contributed by atoms with Gasteiger partial charge in [0.05, 0.1) is 25.5 Å².